The lowest BCUT2D eigenvalue weighted by atomic mass is 10.1. The van der Waals surface area contributed by atoms with Crippen LogP contribution in [-0.4, -0.2) is 37.7 Å². The minimum atomic E-state index is -0.419. The van der Waals surface area contributed by atoms with Gasteiger partial charge in [-0.3, -0.25) is 14.7 Å². The number of rotatable bonds is 10. The Labute approximate surface area is 197 Å². The lowest BCUT2D eigenvalue weighted by molar-refractivity contribution is -0.115. The molecule has 0 saturated heterocycles. The van der Waals surface area contributed by atoms with Crippen molar-refractivity contribution in [3.05, 3.63) is 76.5 Å². The summed E-state index contributed by atoms with van der Waals surface area (Å²) in [5, 5.41) is 16.2. The molecular formula is C24H29N7O3. The van der Waals surface area contributed by atoms with E-state index < -0.39 is 11.7 Å². The van der Waals surface area contributed by atoms with Gasteiger partial charge in [-0.25, -0.2) is 9.59 Å². The molecule has 0 aliphatic carbocycles. The van der Waals surface area contributed by atoms with Gasteiger partial charge in [-0.1, -0.05) is 30.3 Å². The predicted molar refractivity (Wildman–Crippen MR) is 130 cm³/mol. The molecule has 3 amide bonds. The van der Waals surface area contributed by atoms with E-state index in [1.807, 2.05) is 50.2 Å². The molecule has 0 radical (unpaired) electrons. The molecule has 0 aliphatic heterocycles. The number of amides is 3. The molecule has 3 N–H and O–H groups in total. The zero-order valence-electron chi connectivity index (χ0n) is 19.3. The molecule has 10 nitrogen and oxygen atoms in total. The van der Waals surface area contributed by atoms with E-state index in [4.69, 9.17) is 0 Å². The van der Waals surface area contributed by atoms with Gasteiger partial charge in [0.05, 0.1) is 12.1 Å². The molecule has 0 spiro atoms. The summed E-state index contributed by atoms with van der Waals surface area (Å²) in [5.41, 5.74) is 1.32. The summed E-state index contributed by atoms with van der Waals surface area (Å²) in [7, 11) is 0. The number of aromatic nitrogens is 4. The molecule has 0 aliphatic rings. The van der Waals surface area contributed by atoms with Crippen molar-refractivity contribution in [1.29, 1.82) is 0 Å². The molecule has 34 heavy (non-hydrogen) atoms. The van der Waals surface area contributed by atoms with Crippen LogP contribution in [0.2, 0.25) is 0 Å². The highest BCUT2D eigenvalue weighted by Gasteiger charge is 2.07. The largest absolute Gasteiger partial charge is 0.349 e. The summed E-state index contributed by atoms with van der Waals surface area (Å²) in [6.45, 7) is 4.19. The molecule has 2 heterocycles. The van der Waals surface area contributed by atoms with E-state index in [0.29, 0.717) is 18.8 Å². The first-order chi connectivity index (χ1) is 16.4. The minimum Gasteiger partial charge on any atom is -0.336 e. The van der Waals surface area contributed by atoms with E-state index >= 15 is 0 Å². The third-order valence-corrected chi connectivity index (χ3v) is 4.81. The van der Waals surface area contributed by atoms with Crippen LogP contribution in [0.4, 0.5) is 16.4 Å². The van der Waals surface area contributed by atoms with Crippen LogP contribution in [-0.2, 0) is 24.2 Å². The van der Waals surface area contributed by atoms with Gasteiger partial charge in [-0.05, 0) is 56.9 Å². The van der Waals surface area contributed by atoms with Crippen LogP contribution in [0.1, 0.15) is 37.9 Å². The second kappa shape index (κ2) is 12.2. The number of unbranched alkanes of at least 4 members (excludes halogenated alkanes) is 1. The first kappa shape index (κ1) is 24.6. The van der Waals surface area contributed by atoms with E-state index in [1.165, 1.54) is 4.57 Å². The van der Waals surface area contributed by atoms with Gasteiger partial charge in [0, 0.05) is 18.8 Å². The quantitative estimate of drug-likeness (QED) is 0.396. The van der Waals surface area contributed by atoms with Gasteiger partial charge < -0.3 is 10.6 Å². The van der Waals surface area contributed by atoms with E-state index in [2.05, 4.69) is 31.1 Å². The van der Waals surface area contributed by atoms with Crippen molar-refractivity contribution in [2.24, 2.45) is 0 Å². The summed E-state index contributed by atoms with van der Waals surface area (Å²) in [5.74, 6) is 0.484. The van der Waals surface area contributed by atoms with Crippen LogP contribution < -0.4 is 21.6 Å². The maximum Gasteiger partial charge on any atom is 0.349 e. The van der Waals surface area contributed by atoms with Crippen LogP contribution in [0.15, 0.2) is 59.5 Å². The number of carbonyl (C=O) groups excluding carboxylic acids is 2. The van der Waals surface area contributed by atoms with Crippen molar-refractivity contribution < 1.29 is 9.59 Å². The highest BCUT2D eigenvalue weighted by Crippen LogP contribution is 2.08. The number of anilines is 2. The molecule has 0 bridgehead atoms. The van der Waals surface area contributed by atoms with Gasteiger partial charge >= 0.3 is 11.7 Å². The Bertz CT molecular complexity index is 1150. The molecule has 2 aromatic heterocycles. The Balaban J connectivity index is 1.40. The lowest BCUT2D eigenvalue weighted by Crippen LogP contribution is -2.35. The van der Waals surface area contributed by atoms with Crippen molar-refractivity contribution >= 4 is 23.6 Å². The summed E-state index contributed by atoms with van der Waals surface area (Å²) in [4.78, 5) is 39.9. The van der Waals surface area contributed by atoms with Crippen LogP contribution in [0.25, 0.3) is 0 Å². The topological polar surface area (TPSA) is 131 Å². The number of hydrogen-bond acceptors (Lipinski definition) is 6. The molecule has 3 rings (SSSR count). The van der Waals surface area contributed by atoms with Gasteiger partial charge in [0.1, 0.15) is 5.82 Å². The average molecular weight is 464 g/mol. The van der Waals surface area contributed by atoms with Crippen molar-refractivity contribution in [3.63, 3.8) is 0 Å². The van der Waals surface area contributed by atoms with Gasteiger partial charge in [-0.15, -0.1) is 5.10 Å². The third-order valence-electron chi connectivity index (χ3n) is 4.81. The second-order valence-electron chi connectivity index (χ2n) is 8.12. The Hall–Kier alpha value is -4.08. The highest BCUT2D eigenvalue weighted by atomic mass is 16.2. The van der Waals surface area contributed by atoms with Gasteiger partial charge in [0.15, 0.2) is 5.82 Å². The fourth-order valence-corrected chi connectivity index (χ4v) is 3.20. The van der Waals surface area contributed by atoms with Crippen LogP contribution >= 0.6 is 0 Å². The third kappa shape index (κ3) is 8.12. The monoisotopic (exact) mass is 463 g/mol. The Morgan fingerprint density at radius 1 is 0.941 bits per heavy atom. The molecule has 0 atom stereocenters. The predicted octanol–water partition coefficient (Wildman–Crippen LogP) is 2.77. The average Bonchev–Trinajstić information content (AvgIpc) is 2.79. The van der Waals surface area contributed by atoms with Crippen molar-refractivity contribution in [2.75, 3.05) is 10.6 Å². The normalized spacial score (nSPS) is 10.7. The van der Waals surface area contributed by atoms with Gasteiger partial charge in [-0.2, -0.15) is 10.1 Å². The molecular weight excluding hydrogens is 434 g/mol. The number of benzene rings is 1. The molecule has 10 heteroatoms. The molecule has 0 fully saturated rings. The van der Waals surface area contributed by atoms with Crippen LogP contribution in [0.5, 0.6) is 0 Å². The fraction of sp³-hybridized carbons (Fsp3) is 0.333. The standard InChI is InChI=1S/C24H29N7O3/c1-17(2)25-23(33)27-20-13-15-31(24(34)28-20)14-7-6-10-19-11-12-21(30-29-19)26-22(32)16-18-8-4-3-5-9-18/h3-5,8-9,11-13,15,17H,6-7,10,14,16H2,1-2H3,(H,26,30,32)(H2,25,27,28,33,34). The lowest BCUT2D eigenvalue weighted by Gasteiger charge is -2.10. The maximum atomic E-state index is 12.2. The second-order valence-corrected chi connectivity index (χ2v) is 8.12. The number of hydrogen-bond donors (Lipinski definition) is 3. The number of aryl methyl sites for hydroxylation is 2. The summed E-state index contributed by atoms with van der Waals surface area (Å²) < 4.78 is 1.50. The first-order valence-corrected chi connectivity index (χ1v) is 11.2. The maximum absolute atomic E-state index is 12.2. The van der Waals surface area contributed by atoms with Crippen molar-refractivity contribution in [2.45, 2.75) is 52.1 Å². The van der Waals surface area contributed by atoms with Crippen molar-refractivity contribution in [1.82, 2.24) is 25.1 Å². The Kier molecular flexibility index (Phi) is 8.84. The number of carbonyl (C=O) groups is 2. The number of urea groups is 1. The Morgan fingerprint density at radius 2 is 1.74 bits per heavy atom. The molecule has 0 unspecified atom stereocenters. The van der Waals surface area contributed by atoms with E-state index in [9.17, 15) is 14.4 Å². The van der Waals surface area contributed by atoms with Crippen LogP contribution in [0.3, 0.4) is 0 Å². The molecule has 1 aromatic carbocycles. The number of nitrogens with zero attached hydrogens (tertiary/aromatic N) is 4. The fourth-order valence-electron chi connectivity index (χ4n) is 3.20. The van der Waals surface area contributed by atoms with Crippen molar-refractivity contribution in [3.8, 4) is 0 Å². The zero-order valence-corrected chi connectivity index (χ0v) is 19.3. The summed E-state index contributed by atoms with van der Waals surface area (Å²) in [6.07, 6.45) is 4.15. The smallest absolute Gasteiger partial charge is 0.336 e. The van der Waals surface area contributed by atoms with Crippen LogP contribution in [0, 0.1) is 0 Å². The van der Waals surface area contributed by atoms with E-state index in [1.54, 1.807) is 18.3 Å². The summed E-state index contributed by atoms with van der Waals surface area (Å²) >= 11 is 0. The molecule has 3 aromatic rings. The molecule has 0 saturated carbocycles. The van der Waals surface area contributed by atoms with E-state index in [0.717, 1.165) is 24.1 Å². The minimum absolute atomic E-state index is 0.0142. The Morgan fingerprint density at radius 3 is 2.41 bits per heavy atom. The van der Waals surface area contributed by atoms with E-state index in [-0.39, 0.29) is 24.2 Å². The van der Waals surface area contributed by atoms with Gasteiger partial charge in [0.2, 0.25) is 5.91 Å². The zero-order chi connectivity index (χ0) is 24.3. The highest BCUT2D eigenvalue weighted by molar-refractivity contribution is 5.91. The number of nitrogens with one attached hydrogen (secondary N) is 3. The SMILES string of the molecule is CC(C)NC(=O)Nc1ccn(CCCCc2ccc(NC(=O)Cc3ccccc3)nn2)c(=O)n1. The summed E-state index contributed by atoms with van der Waals surface area (Å²) in [6, 6.07) is 14.2. The van der Waals surface area contributed by atoms with Gasteiger partial charge in [0.25, 0.3) is 0 Å². The first-order valence-electron chi connectivity index (χ1n) is 11.2. The molecule has 178 valence electrons.